The van der Waals surface area contributed by atoms with Crippen LogP contribution in [0.4, 0.5) is 5.69 Å². The molecule has 1 aliphatic carbocycles. The Kier molecular flexibility index (Phi) is 4.85. The van der Waals surface area contributed by atoms with E-state index < -0.39 is 10.0 Å². The van der Waals surface area contributed by atoms with Crippen LogP contribution in [0.5, 0.6) is 0 Å². The largest absolute Gasteiger partial charge is 0.353 e. The predicted molar refractivity (Wildman–Crippen MR) is 84.4 cm³/mol. The van der Waals surface area contributed by atoms with Gasteiger partial charge >= 0.3 is 0 Å². The van der Waals surface area contributed by atoms with E-state index in [0.717, 1.165) is 19.1 Å². The van der Waals surface area contributed by atoms with Gasteiger partial charge in [0.05, 0.1) is 11.9 Å². The lowest BCUT2D eigenvalue weighted by Gasteiger charge is -2.22. The van der Waals surface area contributed by atoms with Crippen molar-refractivity contribution in [2.45, 2.75) is 32.2 Å². The van der Waals surface area contributed by atoms with E-state index >= 15 is 0 Å². The van der Waals surface area contributed by atoms with Crippen LogP contribution in [0.3, 0.4) is 0 Å². The molecule has 0 unspecified atom stereocenters. The van der Waals surface area contributed by atoms with Crippen LogP contribution in [-0.4, -0.2) is 39.0 Å². The van der Waals surface area contributed by atoms with E-state index in [0.29, 0.717) is 11.3 Å². The zero-order valence-corrected chi connectivity index (χ0v) is 13.5. The summed E-state index contributed by atoms with van der Waals surface area (Å²) in [5.41, 5.74) is 0.968. The summed E-state index contributed by atoms with van der Waals surface area (Å²) < 4.78 is 25.0. The smallest absolute Gasteiger partial charge is 0.232 e. The fourth-order valence-electron chi connectivity index (χ4n) is 2.08. The Bertz CT molecular complexity index is 663. The number of hydrogen-bond donors (Lipinski definition) is 1. The molecule has 0 saturated heterocycles. The number of anilines is 1. The van der Waals surface area contributed by atoms with Crippen LogP contribution in [0.2, 0.25) is 0 Å². The molecule has 0 bridgehead atoms. The first-order chi connectivity index (χ1) is 10.3. The highest BCUT2D eigenvalue weighted by molar-refractivity contribution is 7.92. The summed E-state index contributed by atoms with van der Waals surface area (Å²) in [6.45, 7) is 1.53. The molecule has 1 saturated carbocycles. The van der Waals surface area contributed by atoms with E-state index in [1.165, 1.54) is 11.2 Å². The number of carbonyl (C=O) groups is 2. The van der Waals surface area contributed by atoms with Gasteiger partial charge < -0.3 is 5.32 Å². The standard InChI is InChI=1S/C15H20N2O4S/c1-11(18)12-3-7-14(8-4-12)17(22(2,20)21)10-9-15(19)16-13-5-6-13/h3-4,7-8,13H,5-6,9-10H2,1-2H3,(H,16,19). The van der Waals surface area contributed by atoms with Crippen molar-refractivity contribution in [2.24, 2.45) is 0 Å². The number of amides is 1. The SMILES string of the molecule is CC(=O)c1ccc(N(CCC(=O)NC2CC2)S(C)(=O)=O)cc1. The number of hydrogen-bond acceptors (Lipinski definition) is 4. The Morgan fingerprint density at radius 3 is 2.27 bits per heavy atom. The van der Waals surface area contributed by atoms with Crippen molar-refractivity contribution in [1.29, 1.82) is 0 Å². The average Bonchev–Trinajstić information content (AvgIpc) is 3.21. The van der Waals surface area contributed by atoms with Crippen LogP contribution in [-0.2, 0) is 14.8 Å². The lowest BCUT2D eigenvalue weighted by molar-refractivity contribution is -0.121. The first-order valence-electron chi connectivity index (χ1n) is 7.15. The third kappa shape index (κ3) is 4.56. The number of Topliss-reactive ketones (excluding diaryl/α,β-unsaturated/α-hetero) is 1. The van der Waals surface area contributed by atoms with E-state index in [1.54, 1.807) is 24.3 Å². The molecule has 6 nitrogen and oxygen atoms in total. The predicted octanol–water partition coefficient (Wildman–Crippen LogP) is 1.32. The van der Waals surface area contributed by atoms with Gasteiger partial charge in [-0.2, -0.15) is 0 Å². The van der Waals surface area contributed by atoms with E-state index in [1.807, 2.05) is 0 Å². The lowest BCUT2D eigenvalue weighted by atomic mass is 10.1. The molecule has 1 amide bonds. The van der Waals surface area contributed by atoms with E-state index in [2.05, 4.69) is 5.32 Å². The topological polar surface area (TPSA) is 83.6 Å². The van der Waals surface area contributed by atoms with Crippen molar-refractivity contribution in [2.75, 3.05) is 17.1 Å². The zero-order chi connectivity index (χ0) is 16.3. The van der Waals surface area contributed by atoms with Crippen LogP contribution in [0.15, 0.2) is 24.3 Å². The summed E-state index contributed by atoms with van der Waals surface area (Å²) in [7, 11) is -3.49. The quantitative estimate of drug-likeness (QED) is 0.767. The van der Waals surface area contributed by atoms with Crippen molar-refractivity contribution >= 4 is 27.4 Å². The highest BCUT2D eigenvalue weighted by atomic mass is 32.2. The van der Waals surface area contributed by atoms with E-state index in [9.17, 15) is 18.0 Å². The normalized spacial score (nSPS) is 14.5. The Hall–Kier alpha value is -1.89. The summed E-state index contributed by atoms with van der Waals surface area (Å²) in [4.78, 5) is 23.0. The molecule has 0 aliphatic heterocycles. The molecule has 0 atom stereocenters. The summed E-state index contributed by atoms with van der Waals surface area (Å²) in [6, 6.07) is 6.59. The molecule has 1 aromatic rings. The van der Waals surface area contributed by atoms with Gasteiger partial charge in [0.2, 0.25) is 15.9 Å². The zero-order valence-electron chi connectivity index (χ0n) is 12.7. The van der Waals surface area contributed by atoms with E-state index in [4.69, 9.17) is 0 Å². The third-order valence-electron chi connectivity index (χ3n) is 3.45. The van der Waals surface area contributed by atoms with Gasteiger partial charge in [-0.15, -0.1) is 0 Å². The molecule has 22 heavy (non-hydrogen) atoms. The molecule has 0 spiro atoms. The van der Waals surface area contributed by atoms with Crippen molar-refractivity contribution in [3.05, 3.63) is 29.8 Å². The summed E-state index contributed by atoms with van der Waals surface area (Å²) >= 11 is 0. The molecule has 1 N–H and O–H groups in total. The average molecular weight is 324 g/mol. The molecular weight excluding hydrogens is 304 g/mol. The monoisotopic (exact) mass is 324 g/mol. The van der Waals surface area contributed by atoms with Crippen molar-refractivity contribution in [3.63, 3.8) is 0 Å². The minimum absolute atomic E-state index is 0.0802. The number of carbonyl (C=O) groups excluding carboxylic acids is 2. The second-order valence-corrected chi connectivity index (χ2v) is 7.44. The van der Waals surface area contributed by atoms with Gasteiger partial charge in [0.25, 0.3) is 0 Å². The molecule has 1 aromatic carbocycles. The molecule has 120 valence electrons. The molecule has 7 heteroatoms. The number of benzene rings is 1. The highest BCUT2D eigenvalue weighted by Crippen LogP contribution is 2.20. The maximum Gasteiger partial charge on any atom is 0.232 e. The minimum Gasteiger partial charge on any atom is -0.353 e. The number of rotatable bonds is 7. The van der Waals surface area contributed by atoms with Gasteiger partial charge in [0, 0.05) is 24.6 Å². The minimum atomic E-state index is -3.49. The Labute approximate surface area is 130 Å². The van der Waals surface area contributed by atoms with Gasteiger partial charge in [0.1, 0.15) is 0 Å². The second-order valence-electron chi connectivity index (χ2n) is 5.53. The number of ketones is 1. The van der Waals surface area contributed by atoms with Crippen molar-refractivity contribution < 1.29 is 18.0 Å². The summed E-state index contributed by atoms with van der Waals surface area (Å²) in [5, 5.41) is 2.83. The van der Waals surface area contributed by atoms with Crippen LogP contribution in [0.25, 0.3) is 0 Å². The summed E-state index contributed by atoms with van der Waals surface area (Å²) in [6.07, 6.45) is 3.20. The fraction of sp³-hybridized carbons (Fsp3) is 0.467. The van der Waals surface area contributed by atoms with Gasteiger partial charge in [-0.1, -0.05) is 0 Å². The van der Waals surface area contributed by atoms with Crippen molar-refractivity contribution in [1.82, 2.24) is 5.32 Å². The third-order valence-corrected chi connectivity index (χ3v) is 4.64. The molecular formula is C15H20N2O4S. The fourth-order valence-corrected chi connectivity index (χ4v) is 3.01. The number of sulfonamides is 1. The van der Waals surface area contributed by atoms with Crippen LogP contribution < -0.4 is 9.62 Å². The van der Waals surface area contributed by atoms with Gasteiger partial charge in [-0.25, -0.2) is 8.42 Å². The van der Waals surface area contributed by atoms with Gasteiger partial charge in [-0.3, -0.25) is 13.9 Å². The van der Waals surface area contributed by atoms with E-state index in [-0.39, 0.29) is 30.7 Å². The Balaban J connectivity index is 2.08. The van der Waals surface area contributed by atoms with Gasteiger partial charge in [-0.05, 0) is 44.0 Å². The Morgan fingerprint density at radius 2 is 1.82 bits per heavy atom. The first kappa shape index (κ1) is 16.5. The molecule has 1 fully saturated rings. The molecule has 2 rings (SSSR count). The molecule has 0 heterocycles. The maximum atomic E-state index is 11.9. The van der Waals surface area contributed by atoms with Crippen molar-refractivity contribution in [3.8, 4) is 0 Å². The van der Waals surface area contributed by atoms with Crippen LogP contribution in [0, 0.1) is 0 Å². The lowest BCUT2D eigenvalue weighted by Crippen LogP contribution is -2.35. The maximum absolute atomic E-state index is 11.9. The second kappa shape index (κ2) is 6.48. The Morgan fingerprint density at radius 1 is 1.23 bits per heavy atom. The molecule has 0 aromatic heterocycles. The van der Waals surface area contributed by atoms with Crippen LogP contribution in [0.1, 0.15) is 36.5 Å². The number of nitrogens with zero attached hydrogens (tertiary/aromatic N) is 1. The van der Waals surface area contributed by atoms with Crippen LogP contribution >= 0.6 is 0 Å². The highest BCUT2D eigenvalue weighted by Gasteiger charge is 2.24. The summed E-state index contributed by atoms with van der Waals surface area (Å²) in [5.74, 6) is -0.224. The molecule has 0 radical (unpaired) electrons. The van der Waals surface area contributed by atoms with Gasteiger partial charge in [0.15, 0.2) is 5.78 Å². The number of nitrogens with one attached hydrogen (secondary N) is 1. The first-order valence-corrected chi connectivity index (χ1v) is 9.00. The molecule has 1 aliphatic rings.